The van der Waals surface area contributed by atoms with Crippen molar-refractivity contribution in [1.29, 1.82) is 0 Å². The van der Waals surface area contributed by atoms with Crippen LogP contribution in [-0.4, -0.2) is 23.1 Å². The minimum atomic E-state index is 0.540. The van der Waals surface area contributed by atoms with Gasteiger partial charge in [0.25, 0.3) is 0 Å². The van der Waals surface area contributed by atoms with Gasteiger partial charge in [-0.25, -0.2) is 4.98 Å². The molecule has 3 nitrogen and oxygen atoms in total. The first-order chi connectivity index (χ1) is 9.42. The van der Waals surface area contributed by atoms with Gasteiger partial charge in [-0.05, 0) is 19.0 Å². The summed E-state index contributed by atoms with van der Waals surface area (Å²) in [5, 5.41) is 6.92. The van der Waals surface area contributed by atoms with Crippen LogP contribution in [0.1, 0.15) is 18.2 Å². The summed E-state index contributed by atoms with van der Waals surface area (Å²) in [6.45, 7) is 2.14. The SMILES string of the molecule is c1ccc2c(-c3cnc(C4CCNC4)[nH]3)csc2c1. The highest BCUT2D eigenvalue weighted by molar-refractivity contribution is 7.17. The molecule has 1 aromatic carbocycles. The maximum Gasteiger partial charge on any atom is 0.110 e. The number of benzene rings is 1. The Morgan fingerprint density at radius 2 is 2.21 bits per heavy atom. The second-order valence-corrected chi connectivity index (χ2v) is 5.93. The molecule has 1 aliphatic heterocycles. The lowest BCUT2D eigenvalue weighted by Gasteiger charge is -2.03. The first-order valence-corrected chi connectivity index (χ1v) is 7.52. The van der Waals surface area contributed by atoms with Gasteiger partial charge in [0.15, 0.2) is 0 Å². The maximum atomic E-state index is 4.57. The van der Waals surface area contributed by atoms with Crippen LogP contribution in [0.3, 0.4) is 0 Å². The van der Waals surface area contributed by atoms with E-state index in [1.165, 1.54) is 22.1 Å². The molecule has 0 amide bonds. The third-order valence-corrected chi connectivity index (χ3v) is 4.78. The Labute approximate surface area is 115 Å². The molecule has 0 aliphatic carbocycles. The third-order valence-electron chi connectivity index (χ3n) is 3.81. The molecular weight excluding hydrogens is 254 g/mol. The number of H-pyrrole nitrogens is 1. The third kappa shape index (κ3) is 1.88. The number of fused-ring (bicyclic) bond motifs is 1. The van der Waals surface area contributed by atoms with Crippen molar-refractivity contribution >= 4 is 21.4 Å². The highest BCUT2D eigenvalue weighted by Crippen LogP contribution is 2.33. The summed E-state index contributed by atoms with van der Waals surface area (Å²) in [6.07, 6.45) is 3.15. The zero-order valence-corrected chi connectivity index (χ0v) is 11.3. The molecule has 1 fully saturated rings. The quantitative estimate of drug-likeness (QED) is 0.749. The van der Waals surface area contributed by atoms with E-state index in [0.717, 1.165) is 24.6 Å². The van der Waals surface area contributed by atoms with Gasteiger partial charge in [-0.3, -0.25) is 0 Å². The lowest BCUT2D eigenvalue weighted by Crippen LogP contribution is -2.08. The van der Waals surface area contributed by atoms with Crippen LogP contribution in [0.4, 0.5) is 0 Å². The van der Waals surface area contributed by atoms with Gasteiger partial charge in [-0.2, -0.15) is 0 Å². The van der Waals surface area contributed by atoms with Crippen LogP contribution in [0.2, 0.25) is 0 Å². The number of nitrogens with one attached hydrogen (secondary N) is 2. The summed E-state index contributed by atoms with van der Waals surface area (Å²) in [4.78, 5) is 8.08. The van der Waals surface area contributed by atoms with Crippen LogP contribution in [0, 0.1) is 0 Å². The molecule has 0 saturated carbocycles. The molecule has 0 radical (unpaired) electrons. The van der Waals surface area contributed by atoms with Crippen molar-refractivity contribution < 1.29 is 0 Å². The summed E-state index contributed by atoms with van der Waals surface area (Å²) in [7, 11) is 0. The van der Waals surface area contributed by atoms with Gasteiger partial charge >= 0.3 is 0 Å². The van der Waals surface area contributed by atoms with Crippen LogP contribution in [0.15, 0.2) is 35.8 Å². The minimum Gasteiger partial charge on any atom is -0.342 e. The average molecular weight is 269 g/mol. The average Bonchev–Trinajstić information content (AvgIpc) is 3.18. The summed E-state index contributed by atoms with van der Waals surface area (Å²) in [5.74, 6) is 1.66. The normalized spacial score (nSPS) is 19.3. The molecule has 4 rings (SSSR count). The highest BCUT2D eigenvalue weighted by atomic mass is 32.1. The molecule has 0 bridgehead atoms. The van der Waals surface area contributed by atoms with Gasteiger partial charge in [-0.15, -0.1) is 11.3 Å². The molecule has 0 spiro atoms. The fourth-order valence-electron chi connectivity index (χ4n) is 2.76. The summed E-state index contributed by atoms with van der Waals surface area (Å²) in [6, 6.07) is 8.53. The largest absolute Gasteiger partial charge is 0.342 e. The standard InChI is InChI=1S/C15H15N3S/c1-2-4-14-11(3-1)12(9-19-14)13-8-17-15(18-13)10-5-6-16-7-10/h1-4,8-10,16H,5-7H2,(H,17,18). The zero-order valence-electron chi connectivity index (χ0n) is 10.5. The van der Waals surface area contributed by atoms with E-state index in [9.17, 15) is 0 Å². The van der Waals surface area contributed by atoms with Crippen molar-refractivity contribution in [3.63, 3.8) is 0 Å². The molecule has 19 heavy (non-hydrogen) atoms. The van der Waals surface area contributed by atoms with Gasteiger partial charge in [-0.1, -0.05) is 18.2 Å². The number of hydrogen-bond donors (Lipinski definition) is 2. The molecule has 3 aromatic rings. The van der Waals surface area contributed by atoms with Gasteiger partial charge in [0, 0.05) is 33.5 Å². The molecule has 3 heterocycles. The molecule has 1 aliphatic rings. The minimum absolute atomic E-state index is 0.540. The van der Waals surface area contributed by atoms with Crippen molar-refractivity contribution in [2.45, 2.75) is 12.3 Å². The van der Waals surface area contributed by atoms with E-state index in [1.54, 1.807) is 11.3 Å². The summed E-state index contributed by atoms with van der Waals surface area (Å²) in [5.41, 5.74) is 2.41. The van der Waals surface area contributed by atoms with Crippen molar-refractivity contribution in [2.75, 3.05) is 13.1 Å². The van der Waals surface area contributed by atoms with Crippen molar-refractivity contribution in [3.8, 4) is 11.3 Å². The van der Waals surface area contributed by atoms with E-state index in [-0.39, 0.29) is 0 Å². The second kappa shape index (κ2) is 4.47. The number of hydrogen-bond acceptors (Lipinski definition) is 3. The van der Waals surface area contributed by atoms with Gasteiger partial charge in [0.1, 0.15) is 5.82 Å². The Bertz CT molecular complexity index is 707. The van der Waals surface area contributed by atoms with Crippen molar-refractivity contribution in [2.24, 2.45) is 0 Å². The number of rotatable bonds is 2. The molecule has 96 valence electrons. The smallest absolute Gasteiger partial charge is 0.110 e. The van der Waals surface area contributed by atoms with E-state index < -0.39 is 0 Å². The maximum absolute atomic E-state index is 4.57. The molecule has 1 unspecified atom stereocenters. The van der Waals surface area contributed by atoms with E-state index >= 15 is 0 Å². The van der Waals surface area contributed by atoms with E-state index in [0.29, 0.717) is 5.92 Å². The number of thiophene rings is 1. The number of nitrogens with zero attached hydrogens (tertiary/aromatic N) is 1. The lowest BCUT2D eigenvalue weighted by atomic mass is 10.1. The molecule has 4 heteroatoms. The summed E-state index contributed by atoms with van der Waals surface area (Å²) < 4.78 is 1.33. The van der Waals surface area contributed by atoms with Gasteiger partial charge in [0.2, 0.25) is 0 Å². The fraction of sp³-hybridized carbons (Fsp3) is 0.267. The topological polar surface area (TPSA) is 40.7 Å². The monoisotopic (exact) mass is 269 g/mol. The Balaban J connectivity index is 1.76. The molecule has 1 saturated heterocycles. The van der Waals surface area contributed by atoms with Crippen LogP contribution >= 0.6 is 11.3 Å². The molecule has 2 aromatic heterocycles. The van der Waals surface area contributed by atoms with Crippen LogP contribution < -0.4 is 5.32 Å². The van der Waals surface area contributed by atoms with E-state index in [1.807, 2.05) is 6.20 Å². The molecule has 2 N–H and O–H groups in total. The number of imidazole rings is 1. The number of aromatic nitrogens is 2. The Morgan fingerprint density at radius 3 is 3.11 bits per heavy atom. The Morgan fingerprint density at radius 1 is 1.26 bits per heavy atom. The van der Waals surface area contributed by atoms with Crippen LogP contribution in [0.5, 0.6) is 0 Å². The van der Waals surface area contributed by atoms with Crippen LogP contribution in [-0.2, 0) is 0 Å². The van der Waals surface area contributed by atoms with E-state index in [4.69, 9.17) is 0 Å². The Hall–Kier alpha value is -1.65. The van der Waals surface area contributed by atoms with Crippen molar-refractivity contribution in [1.82, 2.24) is 15.3 Å². The molecule has 1 atom stereocenters. The molecular formula is C15H15N3S. The number of aromatic amines is 1. The zero-order chi connectivity index (χ0) is 12.7. The second-order valence-electron chi connectivity index (χ2n) is 5.02. The summed E-state index contributed by atoms with van der Waals surface area (Å²) >= 11 is 1.79. The van der Waals surface area contributed by atoms with E-state index in [2.05, 4.69) is 44.9 Å². The fourth-order valence-corrected chi connectivity index (χ4v) is 3.72. The first-order valence-electron chi connectivity index (χ1n) is 6.64. The predicted octanol–water partition coefficient (Wildman–Crippen LogP) is 3.37. The predicted molar refractivity (Wildman–Crippen MR) is 79.6 cm³/mol. The van der Waals surface area contributed by atoms with Crippen molar-refractivity contribution in [3.05, 3.63) is 41.7 Å². The van der Waals surface area contributed by atoms with Gasteiger partial charge in [0.05, 0.1) is 11.9 Å². The first kappa shape index (κ1) is 11.2. The highest BCUT2D eigenvalue weighted by Gasteiger charge is 2.20. The van der Waals surface area contributed by atoms with Crippen LogP contribution in [0.25, 0.3) is 21.3 Å². The Kier molecular flexibility index (Phi) is 2.64. The lowest BCUT2D eigenvalue weighted by molar-refractivity contribution is 0.715. The van der Waals surface area contributed by atoms with Gasteiger partial charge < -0.3 is 10.3 Å².